The molecule has 0 radical (unpaired) electrons. The number of anilines is 1. The molecule has 0 aliphatic carbocycles. The molecule has 0 aliphatic heterocycles. The monoisotopic (exact) mass is 301 g/mol. The van der Waals surface area contributed by atoms with Gasteiger partial charge >= 0.3 is 0 Å². The summed E-state index contributed by atoms with van der Waals surface area (Å²) in [5.74, 6) is 0. The van der Waals surface area contributed by atoms with E-state index in [1.165, 1.54) is 19.3 Å². The van der Waals surface area contributed by atoms with Gasteiger partial charge in [-0.1, -0.05) is 44.4 Å². The number of fused-ring (bicyclic) bond motifs is 1. The molecule has 0 aliphatic rings. The summed E-state index contributed by atoms with van der Waals surface area (Å²) >= 11 is 0. The number of hydrogen-bond donors (Lipinski definition) is 2. The molecule has 1 unspecified atom stereocenters. The van der Waals surface area contributed by atoms with E-state index in [0.29, 0.717) is 12.6 Å². The largest absolute Gasteiger partial charge is 0.395 e. The van der Waals surface area contributed by atoms with Crippen LogP contribution in [-0.4, -0.2) is 29.3 Å². The van der Waals surface area contributed by atoms with Crippen molar-refractivity contribution in [3.05, 3.63) is 36.5 Å². The van der Waals surface area contributed by atoms with Gasteiger partial charge in [0, 0.05) is 24.2 Å². The molecule has 1 aromatic heterocycles. The Morgan fingerprint density at radius 2 is 2.05 bits per heavy atom. The standard InChI is InChI=1S/C18H27N3O/c1-3-4-5-8-15(2)21(20-13-14-22)18-11-12-19-17-10-7-6-9-16(17)18/h6-7,9-12,15,20,22H,3-5,8,13-14H2,1-2H3. The average molecular weight is 301 g/mol. The number of rotatable bonds is 9. The summed E-state index contributed by atoms with van der Waals surface area (Å²) in [5, 5.41) is 12.5. The number of hydrazine groups is 1. The lowest BCUT2D eigenvalue weighted by Crippen LogP contribution is -2.46. The first-order valence-corrected chi connectivity index (χ1v) is 8.25. The van der Waals surface area contributed by atoms with Gasteiger partial charge in [-0.15, -0.1) is 0 Å². The Hall–Kier alpha value is -1.65. The predicted molar refractivity (Wildman–Crippen MR) is 92.9 cm³/mol. The van der Waals surface area contributed by atoms with Crippen molar-refractivity contribution in [1.82, 2.24) is 10.4 Å². The molecule has 0 bridgehead atoms. The van der Waals surface area contributed by atoms with Gasteiger partial charge in [0.25, 0.3) is 0 Å². The van der Waals surface area contributed by atoms with Crippen molar-refractivity contribution in [2.24, 2.45) is 0 Å². The molecule has 2 aromatic rings. The van der Waals surface area contributed by atoms with Gasteiger partial charge in [0.1, 0.15) is 0 Å². The molecule has 22 heavy (non-hydrogen) atoms. The van der Waals surface area contributed by atoms with Gasteiger partial charge in [0.05, 0.1) is 17.8 Å². The molecule has 4 heteroatoms. The number of nitrogens with zero attached hydrogens (tertiary/aromatic N) is 2. The number of aliphatic hydroxyl groups excluding tert-OH is 1. The second kappa shape index (κ2) is 8.71. The molecule has 0 saturated heterocycles. The summed E-state index contributed by atoms with van der Waals surface area (Å²) in [7, 11) is 0. The van der Waals surface area contributed by atoms with Gasteiger partial charge < -0.3 is 10.1 Å². The Kier molecular flexibility index (Phi) is 6.62. The maximum Gasteiger partial charge on any atom is 0.0723 e. The fraction of sp³-hybridized carbons (Fsp3) is 0.500. The lowest BCUT2D eigenvalue weighted by atomic mass is 10.1. The van der Waals surface area contributed by atoms with E-state index in [9.17, 15) is 0 Å². The number of para-hydroxylation sites is 1. The number of benzene rings is 1. The molecule has 0 spiro atoms. The molecule has 4 nitrogen and oxygen atoms in total. The summed E-state index contributed by atoms with van der Waals surface area (Å²) in [6, 6.07) is 10.6. The first-order chi connectivity index (χ1) is 10.8. The number of pyridine rings is 1. The van der Waals surface area contributed by atoms with Crippen molar-refractivity contribution in [1.29, 1.82) is 0 Å². The molecular formula is C18H27N3O. The highest BCUT2D eigenvalue weighted by molar-refractivity contribution is 5.91. The van der Waals surface area contributed by atoms with Crippen molar-refractivity contribution in [3.8, 4) is 0 Å². The first kappa shape index (κ1) is 16.7. The number of nitrogens with one attached hydrogen (secondary N) is 1. The van der Waals surface area contributed by atoms with Crippen LogP contribution in [0.5, 0.6) is 0 Å². The minimum Gasteiger partial charge on any atom is -0.395 e. The Morgan fingerprint density at radius 1 is 1.23 bits per heavy atom. The summed E-state index contributed by atoms with van der Waals surface area (Å²) in [5.41, 5.74) is 5.48. The third kappa shape index (κ3) is 4.18. The van der Waals surface area contributed by atoms with Crippen LogP contribution in [0.15, 0.2) is 36.5 Å². The Morgan fingerprint density at radius 3 is 2.82 bits per heavy atom. The van der Waals surface area contributed by atoms with Gasteiger partial charge in [0.15, 0.2) is 0 Å². The summed E-state index contributed by atoms with van der Waals surface area (Å²) in [6.07, 6.45) is 6.69. The fourth-order valence-corrected chi connectivity index (χ4v) is 2.76. The lowest BCUT2D eigenvalue weighted by molar-refractivity contribution is 0.287. The first-order valence-electron chi connectivity index (χ1n) is 8.25. The van der Waals surface area contributed by atoms with Gasteiger partial charge in [-0.25, -0.2) is 5.43 Å². The third-order valence-corrected chi connectivity index (χ3v) is 3.95. The predicted octanol–water partition coefficient (Wildman–Crippen LogP) is 3.51. The van der Waals surface area contributed by atoms with Crippen LogP contribution in [0.4, 0.5) is 5.69 Å². The maximum atomic E-state index is 9.17. The van der Waals surface area contributed by atoms with Crippen LogP contribution in [0.25, 0.3) is 10.9 Å². The van der Waals surface area contributed by atoms with Crippen LogP contribution < -0.4 is 10.4 Å². The second-order valence-corrected chi connectivity index (χ2v) is 5.69. The van der Waals surface area contributed by atoms with E-state index in [-0.39, 0.29) is 6.61 Å². The molecular weight excluding hydrogens is 274 g/mol. The van der Waals surface area contributed by atoms with Crippen molar-refractivity contribution < 1.29 is 5.11 Å². The minimum atomic E-state index is 0.126. The Labute approximate surface area is 133 Å². The molecule has 1 aromatic carbocycles. The highest BCUT2D eigenvalue weighted by Crippen LogP contribution is 2.26. The van der Waals surface area contributed by atoms with Gasteiger partial charge in [-0.05, 0) is 25.5 Å². The maximum absolute atomic E-state index is 9.17. The van der Waals surface area contributed by atoms with E-state index in [0.717, 1.165) is 23.0 Å². The Bertz CT molecular complexity index is 568. The molecule has 120 valence electrons. The van der Waals surface area contributed by atoms with Crippen molar-refractivity contribution >= 4 is 16.6 Å². The highest BCUT2D eigenvalue weighted by atomic mass is 16.3. The van der Waals surface area contributed by atoms with E-state index in [2.05, 4.69) is 35.3 Å². The summed E-state index contributed by atoms with van der Waals surface area (Å²) < 4.78 is 0. The molecule has 0 saturated carbocycles. The zero-order chi connectivity index (χ0) is 15.8. The highest BCUT2D eigenvalue weighted by Gasteiger charge is 2.16. The van der Waals surface area contributed by atoms with E-state index in [4.69, 9.17) is 5.11 Å². The van der Waals surface area contributed by atoms with Crippen LogP contribution in [-0.2, 0) is 0 Å². The SMILES string of the molecule is CCCCCC(C)N(NCCO)c1ccnc2ccccc12. The third-order valence-electron chi connectivity index (χ3n) is 3.95. The quantitative estimate of drug-likeness (QED) is 0.550. The number of unbranched alkanes of at least 4 members (excludes halogenated alkanes) is 2. The molecule has 1 atom stereocenters. The van der Waals surface area contributed by atoms with E-state index in [1.807, 2.05) is 30.5 Å². The average Bonchev–Trinajstić information content (AvgIpc) is 2.55. The summed E-state index contributed by atoms with van der Waals surface area (Å²) in [6.45, 7) is 5.13. The van der Waals surface area contributed by atoms with E-state index >= 15 is 0 Å². The van der Waals surface area contributed by atoms with Crippen LogP contribution in [0, 0.1) is 0 Å². The molecule has 1 heterocycles. The number of hydrogen-bond acceptors (Lipinski definition) is 4. The molecule has 2 N–H and O–H groups in total. The van der Waals surface area contributed by atoms with E-state index in [1.54, 1.807) is 0 Å². The van der Waals surface area contributed by atoms with Gasteiger partial charge in [0.2, 0.25) is 0 Å². The van der Waals surface area contributed by atoms with E-state index < -0.39 is 0 Å². The topological polar surface area (TPSA) is 48.4 Å². The van der Waals surface area contributed by atoms with Crippen LogP contribution in [0.1, 0.15) is 39.5 Å². The number of aliphatic hydroxyl groups is 1. The minimum absolute atomic E-state index is 0.126. The smallest absolute Gasteiger partial charge is 0.0723 e. The van der Waals surface area contributed by atoms with Crippen molar-refractivity contribution in [3.63, 3.8) is 0 Å². The molecule has 0 amide bonds. The fourth-order valence-electron chi connectivity index (χ4n) is 2.76. The zero-order valence-electron chi connectivity index (χ0n) is 13.6. The number of aromatic nitrogens is 1. The van der Waals surface area contributed by atoms with Crippen LogP contribution >= 0.6 is 0 Å². The van der Waals surface area contributed by atoms with Crippen molar-refractivity contribution in [2.45, 2.75) is 45.6 Å². The summed E-state index contributed by atoms with van der Waals surface area (Å²) in [4.78, 5) is 4.44. The van der Waals surface area contributed by atoms with Crippen molar-refractivity contribution in [2.75, 3.05) is 18.2 Å². The zero-order valence-corrected chi connectivity index (χ0v) is 13.6. The molecule has 2 rings (SSSR count). The molecule has 0 fully saturated rings. The van der Waals surface area contributed by atoms with Crippen LogP contribution in [0.3, 0.4) is 0 Å². The Balaban J connectivity index is 2.26. The van der Waals surface area contributed by atoms with Gasteiger partial charge in [-0.2, -0.15) is 0 Å². The lowest BCUT2D eigenvalue weighted by Gasteiger charge is -2.32. The normalized spacial score (nSPS) is 12.5. The van der Waals surface area contributed by atoms with Gasteiger partial charge in [-0.3, -0.25) is 4.98 Å². The van der Waals surface area contributed by atoms with Crippen LogP contribution in [0.2, 0.25) is 0 Å². The second-order valence-electron chi connectivity index (χ2n) is 5.69.